The van der Waals surface area contributed by atoms with Gasteiger partial charge in [0.05, 0.1) is 12.0 Å². The lowest BCUT2D eigenvalue weighted by atomic mass is 10.2. The fourth-order valence-electron chi connectivity index (χ4n) is 2.79. The second kappa shape index (κ2) is 7.13. The largest absolute Gasteiger partial charge is 0.497 e. The summed E-state index contributed by atoms with van der Waals surface area (Å²) >= 11 is 3.33. The number of benzene rings is 2. The van der Waals surface area contributed by atoms with E-state index in [4.69, 9.17) is 4.74 Å². The van der Waals surface area contributed by atoms with Crippen LogP contribution in [0.2, 0.25) is 0 Å². The van der Waals surface area contributed by atoms with Gasteiger partial charge in [0.25, 0.3) is 0 Å². The van der Waals surface area contributed by atoms with Crippen LogP contribution in [0.25, 0.3) is 0 Å². The Kier molecular flexibility index (Phi) is 5.12. The fraction of sp³-hybridized carbons (Fsp3) is 0.294. The van der Waals surface area contributed by atoms with Crippen molar-refractivity contribution in [2.75, 3.05) is 38.2 Å². The molecule has 0 aromatic heterocycles. The van der Waals surface area contributed by atoms with Crippen molar-refractivity contribution in [1.82, 2.24) is 4.31 Å². The van der Waals surface area contributed by atoms with Gasteiger partial charge in [-0.2, -0.15) is 4.31 Å². The lowest BCUT2D eigenvalue weighted by Gasteiger charge is -2.35. The molecule has 2 aromatic carbocycles. The number of methoxy groups -OCH3 is 1. The molecule has 0 bridgehead atoms. The quantitative estimate of drug-likeness (QED) is 0.777. The number of halogens is 1. The van der Waals surface area contributed by atoms with E-state index >= 15 is 0 Å². The molecule has 7 heteroatoms. The molecule has 5 nitrogen and oxygen atoms in total. The summed E-state index contributed by atoms with van der Waals surface area (Å²) in [6.45, 7) is 2.22. The van der Waals surface area contributed by atoms with Crippen LogP contribution >= 0.6 is 15.9 Å². The molecule has 0 radical (unpaired) electrons. The Labute approximate surface area is 151 Å². The van der Waals surface area contributed by atoms with E-state index in [9.17, 15) is 8.42 Å². The van der Waals surface area contributed by atoms with E-state index in [0.29, 0.717) is 35.5 Å². The third kappa shape index (κ3) is 3.43. The highest BCUT2D eigenvalue weighted by Crippen LogP contribution is 2.27. The first-order valence-corrected chi connectivity index (χ1v) is 9.89. The minimum absolute atomic E-state index is 0.319. The Morgan fingerprint density at radius 2 is 1.71 bits per heavy atom. The lowest BCUT2D eigenvalue weighted by molar-refractivity contribution is 0.384. The van der Waals surface area contributed by atoms with E-state index < -0.39 is 10.0 Å². The van der Waals surface area contributed by atoms with Crippen molar-refractivity contribution in [2.45, 2.75) is 4.90 Å². The van der Waals surface area contributed by atoms with Gasteiger partial charge < -0.3 is 9.64 Å². The molecule has 0 amide bonds. The van der Waals surface area contributed by atoms with Crippen LogP contribution in [0.3, 0.4) is 0 Å². The van der Waals surface area contributed by atoms with Crippen molar-refractivity contribution < 1.29 is 13.2 Å². The molecule has 0 spiro atoms. The Morgan fingerprint density at radius 1 is 1.00 bits per heavy atom. The summed E-state index contributed by atoms with van der Waals surface area (Å²) in [5.41, 5.74) is 1.05. The summed E-state index contributed by atoms with van der Waals surface area (Å²) in [4.78, 5) is 2.49. The Morgan fingerprint density at radius 3 is 2.38 bits per heavy atom. The molecule has 2 aromatic rings. The Balaban J connectivity index is 1.74. The molecule has 1 fully saturated rings. The number of rotatable bonds is 4. The van der Waals surface area contributed by atoms with Crippen molar-refractivity contribution in [3.05, 3.63) is 53.0 Å². The van der Waals surface area contributed by atoms with Crippen molar-refractivity contribution in [1.29, 1.82) is 0 Å². The molecule has 0 saturated carbocycles. The van der Waals surface area contributed by atoms with E-state index in [-0.39, 0.29) is 0 Å². The molecule has 0 unspecified atom stereocenters. The lowest BCUT2D eigenvalue weighted by Crippen LogP contribution is -2.48. The van der Waals surface area contributed by atoms with Gasteiger partial charge >= 0.3 is 0 Å². The predicted molar refractivity (Wildman–Crippen MR) is 98.1 cm³/mol. The van der Waals surface area contributed by atoms with Gasteiger partial charge in [0, 0.05) is 42.4 Å². The van der Waals surface area contributed by atoms with Crippen molar-refractivity contribution >= 4 is 31.6 Å². The molecule has 1 aliphatic rings. The molecule has 24 heavy (non-hydrogen) atoms. The maximum absolute atomic E-state index is 12.8. The first-order chi connectivity index (χ1) is 11.5. The number of sulfonamides is 1. The smallest absolute Gasteiger partial charge is 0.244 e. The molecule has 1 saturated heterocycles. The van der Waals surface area contributed by atoms with Crippen molar-refractivity contribution in [3.8, 4) is 5.75 Å². The van der Waals surface area contributed by atoms with E-state index in [0.717, 1.165) is 11.4 Å². The normalized spacial score (nSPS) is 16.2. The average Bonchev–Trinajstić information content (AvgIpc) is 2.62. The minimum atomic E-state index is -3.48. The third-order valence-corrected chi connectivity index (χ3v) is 7.02. The first-order valence-electron chi connectivity index (χ1n) is 7.66. The summed E-state index contributed by atoms with van der Waals surface area (Å²) in [7, 11) is -1.84. The van der Waals surface area contributed by atoms with Gasteiger partial charge in [-0.15, -0.1) is 0 Å². The maximum atomic E-state index is 12.8. The zero-order valence-corrected chi connectivity index (χ0v) is 15.8. The van der Waals surface area contributed by atoms with Crippen LogP contribution in [-0.4, -0.2) is 46.0 Å². The van der Waals surface area contributed by atoms with Crippen LogP contribution < -0.4 is 9.64 Å². The fourth-order valence-corrected chi connectivity index (χ4v) is 5.17. The number of hydrogen-bond donors (Lipinski definition) is 0. The highest BCUT2D eigenvalue weighted by atomic mass is 79.9. The SMILES string of the molecule is COc1cccc(N2CCN(S(=O)(=O)c3ccccc3Br)CC2)c1. The van der Waals surface area contributed by atoms with Crippen LogP contribution in [0.15, 0.2) is 57.9 Å². The van der Waals surface area contributed by atoms with Gasteiger partial charge in [0.2, 0.25) is 10.0 Å². The average molecular weight is 411 g/mol. The third-order valence-electron chi connectivity index (χ3n) is 4.11. The van der Waals surface area contributed by atoms with E-state index in [1.165, 1.54) is 0 Å². The summed E-state index contributed by atoms with van der Waals surface area (Å²) in [6, 6.07) is 14.8. The first kappa shape index (κ1) is 17.3. The molecule has 0 N–H and O–H groups in total. The Bertz CT molecular complexity index is 818. The van der Waals surface area contributed by atoms with Crippen LogP contribution in [0, 0.1) is 0 Å². The summed E-state index contributed by atoms with van der Waals surface area (Å²) in [5, 5.41) is 0. The molecule has 128 valence electrons. The molecular formula is C17H19BrN2O3S. The van der Waals surface area contributed by atoms with Crippen LogP contribution in [-0.2, 0) is 10.0 Å². The Hall–Kier alpha value is -1.57. The van der Waals surface area contributed by atoms with Gasteiger partial charge in [0.15, 0.2) is 0 Å². The number of nitrogens with zero attached hydrogens (tertiary/aromatic N) is 2. The molecule has 0 atom stereocenters. The van der Waals surface area contributed by atoms with Crippen LogP contribution in [0.1, 0.15) is 0 Å². The minimum Gasteiger partial charge on any atom is -0.497 e. The summed E-state index contributed by atoms with van der Waals surface area (Å²) < 4.78 is 33.0. The van der Waals surface area contributed by atoms with Gasteiger partial charge in [-0.25, -0.2) is 8.42 Å². The predicted octanol–water partition coefficient (Wildman–Crippen LogP) is 2.97. The number of anilines is 1. The highest BCUT2D eigenvalue weighted by Gasteiger charge is 2.29. The van der Waals surface area contributed by atoms with Crippen molar-refractivity contribution in [2.24, 2.45) is 0 Å². The standard InChI is InChI=1S/C17H19BrN2O3S/c1-23-15-6-4-5-14(13-15)19-9-11-20(12-10-19)24(21,22)17-8-3-2-7-16(17)18/h2-8,13H,9-12H2,1H3. The second-order valence-electron chi connectivity index (χ2n) is 5.52. The molecule has 3 rings (SSSR count). The van der Waals surface area contributed by atoms with Gasteiger partial charge in [-0.1, -0.05) is 18.2 Å². The van der Waals surface area contributed by atoms with Gasteiger partial charge in [0.1, 0.15) is 5.75 Å². The van der Waals surface area contributed by atoms with Crippen LogP contribution in [0.5, 0.6) is 5.75 Å². The molecule has 0 aliphatic carbocycles. The highest BCUT2D eigenvalue weighted by molar-refractivity contribution is 9.10. The summed E-state index contributed by atoms with van der Waals surface area (Å²) in [5.74, 6) is 0.802. The molecule has 1 heterocycles. The molecule has 1 aliphatic heterocycles. The van der Waals surface area contributed by atoms with E-state index in [2.05, 4.69) is 20.8 Å². The topological polar surface area (TPSA) is 49.9 Å². The number of ether oxygens (including phenoxy) is 1. The van der Waals surface area contributed by atoms with Gasteiger partial charge in [-0.3, -0.25) is 0 Å². The van der Waals surface area contributed by atoms with Gasteiger partial charge in [-0.05, 0) is 40.2 Å². The maximum Gasteiger partial charge on any atom is 0.244 e. The zero-order chi connectivity index (χ0) is 17.2. The molecular weight excluding hydrogens is 392 g/mol. The van der Waals surface area contributed by atoms with E-state index in [1.807, 2.05) is 30.3 Å². The zero-order valence-electron chi connectivity index (χ0n) is 13.4. The summed E-state index contributed by atoms with van der Waals surface area (Å²) in [6.07, 6.45) is 0. The van der Waals surface area contributed by atoms with Crippen molar-refractivity contribution in [3.63, 3.8) is 0 Å². The van der Waals surface area contributed by atoms with Crippen LogP contribution in [0.4, 0.5) is 5.69 Å². The van der Waals surface area contributed by atoms with E-state index in [1.54, 1.807) is 29.6 Å². The second-order valence-corrected chi connectivity index (χ2v) is 8.28. The number of hydrogen-bond acceptors (Lipinski definition) is 4. The number of piperazine rings is 1. The monoisotopic (exact) mass is 410 g/mol.